The molecular weight excluding hydrogens is 298 g/mol. The van der Waals surface area contributed by atoms with E-state index < -0.39 is 11.6 Å². The van der Waals surface area contributed by atoms with E-state index in [9.17, 15) is 14.4 Å². The van der Waals surface area contributed by atoms with Crippen molar-refractivity contribution in [3.05, 3.63) is 0 Å². The second-order valence-electron chi connectivity index (χ2n) is 7.00. The molecule has 0 bridgehead atoms. The lowest BCUT2D eigenvalue weighted by atomic mass is 9.99. The Hall–Kier alpha value is -1.63. The van der Waals surface area contributed by atoms with Gasteiger partial charge in [0.05, 0.1) is 6.61 Å². The Bertz CT molecular complexity index is 472. The van der Waals surface area contributed by atoms with Crippen LogP contribution in [0.4, 0.5) is 4.79 Å². The lowest BCUT2D eigenvalue weighted by molar-refractivity contribution is -0.135. The number of carbonyl (C=O) groups excluding carboxylic acids is 3. The van der Waals surface area contributed by atoms with Crippen LogP contribution in [0.3, 0.4) is 0 Å². The Morgan fingerprint density at radius 1 is 1.35 bits per heavy atom. The zero-order valence-electron chi connectivity index (χ0n) is 14.2. The molecule has 1 spiro atoms. The molecule has 2 atom stereocenters. The Morgan fingerprint density at radius 2 is 2.09 bits per heavy atom. The predicted molar refractivity (Wildman–Crippen MR) is 84.7 cm³/mol. The molecule has 4 amide bonds. The molecule has 2 saturated heterocycles. The lowest BCUT2D eigenvalue weighted by Gasteiger charge is -2.19. The van der Waals surface area contributed by atoms with Crippen LogP contribution in [0.1, 0.15) is 46.5 Å². The first-order valence-electron chi connectivity index (χ1n) is 8.35. The molecule has 2 heterocycles. The Labute approximate surface area is 137 Å². The van der Waals surface area contributed by atoms with Crippen LogP contribution < -0.4 is 10.6 Å². The third kappa shape index (κ3) is 4.22. The lowest BCUT2D eigenvalue weighted by Crippen LogP contribution is -2.48. The fraction of sp³-hybridized carbons (Fsp3) is 0.812. The first-order valence-corrected chi connectivity index (χ1v) is 8.35. The van der Waals surface area contributed by atoms with E-state index in [1.54, 1.807) is 0 Å². The van der Waals surface area contributed by atoms with Gasteiger partial charge in [0, 0.05) is 19.1 Å². The molecule has 0 aliphatic carbocycles. The minimum Gasteiger partial charge on any atom is -0.378 e. The van der Waals surface area contributed by atoms with Crippen molar-refractivity contribution in [3.8, 4) is 0 Å². The summed E-state index contributed by atoms with van der Waals surface area (Å²) in [6.07, 6.45) is 3.52. The predicted octanol–water partition coefficient (Wildman–Crippen LogP) is 1.03. The van der Waals surface area contributed by atoms with Gasteiger partial charge in [-0.1, -0.05) is 26.7 Å². The highest BCUT2D eigenvalue weighted by atomic mass is 16.5. The first kappa shape index (κ1) is 17.7. The van der Waals surface area contributed by atoms with E-state index in [1.165, 1.54) is 0 Å². The summed E-state index contributed by atoms with van der Waals surface area (Å²) in [7, 11) is 0. The number of amides is 4. The zero-order chi connectivity index (χ0) is 17.0. The Balaban J connectivity index is 1.81. The van der Waals surface area contributed by atoms with E-state index in [1.807, 2.05) is 6.92 Å². The largest absolute Gasteiger partial charge is 0.378 e. The third-order valence-electron chi connectivity index (χ3n) is 4.40. The molecule has 7 nitrogen and oxygen atoms in total. The highest BCUT2D eigenvalue weighted by molar-refractivity contribution is 6.09. The molecule has 0 aromatic carbocycles. The number of imide groups is 1. The smallest absolute Gasteiger partial charge is 0.325 e. The van der Waals surface area contributed by atoms with Gasteiger partial charge in [0.25, 0.3) is 5.91 Å². The topological polar surface area (TPSA) is 87.7 Å². The summed E-state index contributed by atoms with van der Waals surface area (Å²) < 4.78 is 5.22. The number of urea groups is 1. The van der Waals surface area contributed by atoms with E-state index >= 15 is 0 Å². The van der Waals surface area contributed by atoms with Crippen molar-refractivity contribution < 1.29 is 19.1 Å². The summed E-state index contributed by atoms with van der Waals surface area (Å²) in [6, 6.07) is -0.478. The number of hydrogen-bond acceptors (Lipinski definition) is 4. The monoisotopic (exact) mass is 325 g/mol. The molecule has 2 rings (SSSR count). The minimum absolute atomic E-state index is 0.0331. The van der Waals surface area contributed by atoms with Gasteiger partial charge < -0.3 is 15.4 Å². The van der Waals surface area contributed by atoms with Gasteiger partial charge in [-0.25, -0.2) is 4.79 Å². The third-order valence-corrected chi connectivity index (χ3v) is 4.40. The van der Waals surface area contributed by atoms with Gasteiger partial charge in [-0.05, 0) is 19.3 Å². The number of rotatable bonds is 7. The first-order chi connectivity index (χ1) is 10.8. The Kier molecular flexibility index (Phi) is 5.62. The summed E-state index contributed by atoms with van der Waals surface area (Å²) in [5, 5.41) is 5.52. The van der Waals surface area contributed by atoms with Crippen LogP contribution in [0.15, 0.2) is 0 Å². The van der Waals surface area contributed by atoms with Crippen LogP contribution in [-0.2, 0) is 14.3 Å². The van der Waals surface area contributed by atoms with Crippen molar-refractivity contribution >= 4 is 17.8 Å². The number of nitrogens with zero attached hydrogens (tertiary/aromatic N) is 1. The molecule has 23 heavy (non-hydrogen) atoms. The quantitative estimate of drug-likeness (QED) is 0.684. The van der Waals surface area contributed by atoms with Gasteiger partial charge in [0.2, 0.25) is 5.91 Å². The second kappa shape index (κ2) is 7.29. The summed E-state index contributed by atoms with van der Waals surface area (Å²) in [6.45, 7) is 6.67. The van der Waals surface area contributed by atoms with E-state index in [2.05, 4.69) is 24.5 Å². The molecule has 0 unspecified atom stereocenters. The maximum atomic E-state index is 12.4. The molecule has 2 aliphatic rings. The second-order valence-corrected chi connectivity index (χ2v) is 7.00. The summed E-state index contributed by atoms with van der Waals surface area (Å²) >= 11 is 0. The van der Waals surface area contributed by atoms with Gasteiger partial charge in [0.1, 0.15) is 12.1 Å². The van der Waals surface area contributed by atoms with Crippen LogP contribution in [-0.4, -0.2) is 54.1 Å². The normalized spacial score (nSPS) is 25.3. The average Bonchev–Trinajstić information content (AvgIpc) is 3.00. The summed E-state index contributed by atoms with van der Waals surface area (Å²) in [5.41, 5.74) is -0.958. The fourth-order valence-corrected chi connectivity index (χ4v) is 3.02. The molecule has 2 fully saturated rings. The van der Waals surface area contributed by atoms with Gasteiger partial charge >= 0.3 is 6.03 Å². The fourth-order valence-electron chi connectivity index (χ4n) is 3.02. The SMILES string of the molecule is CC(C)CCC[C@@H](C)NC(=O)CN1C(=O)N[C@@]2(CCOC2)C1=O. The number of hydrogen-bond donors (Lipinski definition) is 2. The van der Waals surface area contributed by atoms with Crippen LogP contribution in [0, 0.1) is 5.92 Å². The molecule has 0 saturated carbocycles. The van der Waals surface area contributed by atoms with Crippen LogP contribution in [0.25, 0.3) is 0 Å². The maximum Gasteiger partial charge on any atom is 0.325 e. The van der Waals surface area contributed by atoms with Crippen molar-refractivity contribution in [1.82, 2.24) is 15.5 Å². The van der Waals surface area contributed by atoms with Crippen molar-refractivity contribution in [2.75, 3.05) is 19.8 Å². The molecular formula is C16H27N3O4. The summed E-state index contributed by atoms with van der Waals surface area (Å²) in [5.74, 6) is -0.0160. The van der Waals surface area contributed by atoms with Gasteiger partial charge in [-0.15, -0.1) is 0 Å². The van der Waals surface area contributed by atoms with Crippen molar-refractivity contribution in [2.24, 2.45) is 5.92 Å². The number of ether oxygens (including phenoxy) is 1. The molecule has 0 aromatic rings. The van der Waals surface area contributed by atoms with E-state index in [0.29, 0.717) is 18.9 Å². The highest BCUT2D eigenvalue weighted by Gasteiger charge is 2.53. The van der Waals surface area contributed by atoms with Crippen molar-refractivity contribution in [2.45, 2.75) is 58.0 Å². The van der Waals surface area contributed by atoms with E-state index in [-0.39, 0.29) is 31.0 Å². The highest BCUT2D eigenvalue weighted by Crippen LogP contribution is 2.26. The standard InChI is InChI=1S/C16H27N3O4/c1-11(2)5-4-6-12(3)17-13(20)9-19-14(21)16(18-15(19)22)7-8-23-10-16/h11-12H,4-10H2,1-3H3,(H,17,20)(H,18,22)/t12-,16-/m1/s1. The average molecular weight is 325 g/mol. The molecule has 0 aromatic heterocycles. The minimum atomic E-state index is -0.958. The molecule has 2 N–H and O–H groups in total. The van der Waals surface area contributed by atoms with E-state index in [4.69, 9.17) is 4.74 Å². The van der Waals surface area contributed by atoms with Crippen molar-refractivity contribution in [3.63, 3.8) is 0 Å². The van der Waals surface area contributed by atoms with E-state index in [0.717, 1.165) is 24.2 Å². The van der Waals surface area contributed by atoms with Gasteiger partial charge in [-0.3, -0.25) is 14.5 Å². The molecule has 7 heteroatoms. The molecule has 2 aliphatic heterocycles. The number of carbonyl (C=O) groups is 3. The number of nitrogens with one attached hydrogen (secondary N) is 2. The zero-order valence-corrected chi connectivity index (χ0v) is 14.2. The summed E-state index contributed by atoms with van der Waals surface area (Å²) in [4.78, 5) is 37.4. The van der Waals surface area contributed by atoms with Gasteiger partial charge in [-0.2, -0.15) is 0 Å². The maximum absolute atomic E-state index is 12.4. The van der Waals surface area contributed by atoms with Crippen molar-refractivity contribution in [1.29, 1.82) is 0 Å². The molecule has 0 radical (unpaired) electrons. The molecule has 130 valence electrons. The van der Waals surface area contributed by atoms with Crippen LogP contribution >= 0.6 is 0 Å². The Morgan fingerprint density at radius 3 is 2.70 bits per heavy atom. The van der Waals surface area contributed by atoms with Gasteiger partial charge in [0.15, 0.2) is 0 Å². The van der Waals surface area contributed by atoms with Crippen LogP contribution in [0.2, 0.25) is 0 Å². The van der Waals surface area contributed by atoms with Crippen LogP contribution in [0.5, 0.6) is 0 Å².